The van der Waals surface area contributed by atoms with Crippen molar-refractivity contribution in [2.75, 3.05) is 37.6 Å². The maximum atomic E-state index is 13.0. The van der Waals surface area contributed by atoms with Gasteiger partial charge in [-0.1, -0.05) is 85.8 Å². The minimum absolute atomic E-state index is 0.0282. The molecule has 3 aliphatic heterocycles. The lowest BCUT2D eigenvalue weighted by atomic mass is 9.89. The van der Waals surface area contributed by atoms with Gasteiger partial charge in [0, 0.05) is 62.0 Å². The molecule has 0 unspecified atom stereocenters. The Balaban J connectivity index is 0.971. The molecule has 280 valence electrons. The molecule has 11 nitrogen and oxygen atoms in total. The highest BCUT2D eigenvalue weighted by atomic mass is 16.7. The molecule has 0 radical (unpaired) electrons. The summed E-state index contributed by atoms with van der Waals surface area (Å²) in [7, 11) is 0. The van der Waals surface area contributed by atoms with Crippen LogP contribution in [0.15, 0.2) is 121 Å². The Labute approximate surface area is 319 Å². The predicted octanol–water partition coefficient (Wildman–Crippen LogP) is 7.16. The number of imide groups is 1. The molecule has 0 aromatic heterocycles. The van der Waals surface area contributed by atoms with Crippen molar-refractivity contribution >= 4 is 23.2 Å². The van der Waals surface area contributed by atoms with Crippen LogP contribution in [0.2, 0.25) is 0 Å². The highest BCUT2D eigenvalue weighted by Crippen LogP contribution is 2.42. The van der Waals surface area contributed by atoms with E-state index in [1.165, 1.54) is 4.90 Å². The molecule has 8 rings (SSSR count). The number of nitro benzene ring substituents is 1. The molecule has 2 fully saturated rings. The zero-order valence-electron chi connectivity index (χ0n) is 30.5. The number of hydrogen-bond acceptors (Lipinski definition) is 9. The number of piperazine rings is 1. The second-order valence-electron chi connectivity index (χ2n) is 14.4. The van der Waals surface area contributed by atoms with Crippen LogP contribution in [0.3, 0.4) is 0 Å². The van der Waals surface area contributed by atoms with Crippen molar-refractivity contribution in [1.29, 1.82) is 0 Å². The average molecular weight is 739 g/mol. The van der Waals surface area contributed by atoms with E-state index in [-0.39, 0.29) is 53.7 Å². The van der Waals surface area contributed by atoms with Gasteiger partial charge in [0.05, 0.1) is 41.4 Å². The minimum atomic E-state index is -0.612. The van der Waals surface area contributed by atoms with Crippen LogP contribution in [0.4, 0.5) is 11.4 Å². The molecule has 0 bridgehead atoms. The Morgan fingerprint density at radius 1 is 0.727 bits per heavy atom. The largest absolute Gasteiger partial charge is 0.392 e. The third-order valence-electron chi connectivity index (χ3n) is 11.0. The maximum absolute atomic E-state index is 13.0. The van der Waals surface area contributed by atoms with Crippen LogP contribution < -0.4 is 4.90 Å². The Bertz CT molecular complexity index is 2150. The van der Waals surface area contributed by atoms with Gasteiger partial charge in [-0.2, -0.15) is 0 Å². The van der Waals surface area contributed by atoms with E-state index in [1.54, 1.807) is 36.4 Å². The Morgan fingerprint density at radius 2 is 1.38 bits per heavy atom. The van der Waals surface area contributed by atoms with Crippen LogP contribution in [0, 0.1) is 16.0 Å². The van der Waals surface area contributed by atoms with Crippen molar-refractivity contribution < 1.29 is 29.1 Å². The van der Waals surface area contributed by atoms with E-state index in [2.05, 4.69) is 16.7 Å². The number of fused-ring (bicyclic) bond motifs is 1. The number of hydrogen-bond donors (Lipinski definition) is 1. The standard InChI is InChI=1S/C44H42N4O7/c1-29-40(27-45-21-23-46(24-22-45)36-17-19-37(20-18-36)48(52)53)54-44(55-41(29)33-11-9-30(28-49)10-12-33)34-15-13-32(14-16-34)35-6-4-5-31(25-35)26-47-42(50)38-7-2-3-8-39(38)43(47)51/h2-20,25,29,40-41,44,49H,21-24,26-28H2,1H3/t29-,40+,41+,44+/m1/s1. The molecule has 5 aromatic rings. The molecule has 4 atom stereocenters. The second kappa shape index (κ2) is 15.6. The van der Waals surface area contributed by atoms with Crippen LogP contribution in [0.5, 0.6) is 0 Å². The molecule has 5 aromatic carbocycles. The lowest BCUT2D eigenvalue weighted by Gasteiger charge is -2.44. The van der Waals surface area contributed by atoms with Crippen LogP contribution in [-0.4, -0.2) is 70.5 Å². The van der Waals surface area contributed by atoms with E-state index in [0.29, 0.717) is 11.1 Å². The van der Waals surface area contributed by atoms with Gasteiger partial charge in [-0.05, 0) is 58.1 Å². The SMILES string of the molecule is C[C@@H]1[C@H](CN2CCN(c3ccc([N+](=O)[O-])cc3)CC2)O[C@H](c2ccc(-c3cccc(CN4C(=O)c5ccccc5C4=O)c3)cc2)O[C@@H]1c1ccc(CO)cc1. The lowest BCUT2D eigenvalue weighted by Crippen LogP contribution is -2.51. The van der Waals surface area contributed by atoms with Gasteiger partial charge < -0.3 is 19.5 Å². The quantitative estimate of drug-likeness (QED) is 0.0903. The molecular weight excluding hydrogens is 697 g/mol. The zero-order chi connectivity index (χ0) is 38.1. The molecule has 3 heterocycles. The molecule has 1 N–H and O–H groups in total. The van der Waals surface area contributed by atoms with Gasteiger partial charge in [0.2, 0.25) is 0 Å². The minimum Gasteiger partial charge on any atom is -0.392 e. The monoisotopic (exact) mass is 738 g/mol. The number of nitrogens with zero attached hydrogens (tertiary/aromatic N) is 4. The van der Waals surface area contributed by atoms with Gasteiger partial charge in [0.25, 0.3) is 17.5 Å². The molecule has 3 aliphatic rings. The Hall–Kier alpha value is -5.72. The first-order chi connectivity index (χ1) is 26.7. The average Bonchev–Trinajstić information content (AvgIpc) is 3.46. The smallest absolute Gasteiger partial charge is 0.269 e. The molecule has 0 spiro atoms. The van der Waals surface area contributed by atoms with Crippen molar-refractivity contribution in [3.05, 3.63) is 165 Å². The molecule has 11 heteroatoms. The first-order valence-corrected chi connectivity index (χ1v) is 18.6. The van der Waals surface area contributed by atoms with Crippen molar-refractivity contribution in [3.8, 4) is 11.1 Å². The molecule has 55 heavy (non-hydrogen) atoms. The van der Waals surface area contributed by atoms with Crippen LogP contribution in [0.1, 0.15) is 62.3 Å². The van der Waals surface area contributed by atoms with Crippen LogP contribution in [0.25, 0.3) is 11.1 Å². The molecule has 0 saturated carbocycles. The third kappa shape index (κ3) is 7.52. The zero-order valence-corrected chi connectivity index (χ0v) is 30.5. The first kappa shape index (κ1) is 36.3. The summed E-state index contributed by atoms with van der Waals surface area (Å²) in [5.74, 6) is -0.515. The van der Waals surface area contributed by atoms with E-state index in [1.807, 2.05) is 84.9 Å². The Morgan fingerprint density at radius 3 is 2.02 bits per heavy atom. The van der Waals surface area contributed by atoms with E-state index in [9.17, 15) is 24.8 Å². The van der Waals surface area contributed by atoms with Gasteiger partial charge in [-0.3, -0.25) is 29.5 Å². The first-order valence-electron chi connectivity index (χ1n) is 18.6. The summed E-state index contributed by atoms with van der Waals surface area (Å²) in [6.07, 6.45) is -0.985. The third-order valence-corrected chi connectivity index (χ3v) is 11.0. The lowest BCUT2D eigenvalue weighted by molar-refractivity contribution is -0.384. The maximum Gasteiger partial charge on any atom is 0.269 e. The predicted molar refractivity (Wildman–Crippen MR) is 207 cm³/mol. The Kier molecular flexibility index (Phi) is 10.3. The van der Waals surface area contributed by atoms with Crippen molar-refractivity contribution in [1.82, 2.24) is 9.80 Å². The number of amides is 2. The van der Waals surface area contributed by atoms with Gasteiger partial charge in [-0.25, -0.2) is 0 Å². The number of non-ortho nitro benzene ring substituents is 1. The molecule has 2 amide bonds. The van der Waals surface area contributed by atoms with Crippen LogP contribution in [-0.2, 0) is 22.6 Å². The number of benzene rings is 5. The normalized spacial score (nSPS) is 21.5. The van der Waals surface area contributed by atoms with E-state index < -0.39 is 6.29 Å². The molecule has 0 aliphatic carbocycles. The number of rotatable bonds is 10. The van der Waals surface area contributed by atoms with Crippen LogP contribution >= 0.6 is 0 Å². The van der Waals surface area contributed by atoms with E-state index in [4.69, 9.17) is 9.47 Å². The number of aliphatic hydroxyl groups is 1. The van der Waals surface area contributed by atoms with Crippen molar-refractivity contribution in [2.45, 2.75) is 38.6 Å². The number of ether oxygens (including phenoxy) is 2. The van der Waals surface area contributed by atoms with Gasteiger partial charge in [0.15, 0.2) is 6.29 Å². The van der Waals surface area contributed by atoms with Gasteiger partial charge >= 0.3 is 0 Å². The number of carbonyl (C=O) groups is 2. The van der Waals surface area contributed by atoms with E-state index >= 15 is 0 Å². The number of nitro groups is 1. The van der Waals surface area contributed by atoms with E-state index in [0.717, 1.165) is 71.8 Å². The highest BCUT2D eigenvalue weighted by Gasteiger charge is 2.40. The summed E-state index contributed by atoms with van der Waals surface area (Å²) < 4.78 is 13.5. The van der Waals surface area contributed by atoms with Gasteiger partial charge in [0.1, 0.15) is 0 Å². The second-order valence-corrected chi connectivity index (χ2v) is 14.4. The van der Waals surface area contributed by atoms with Gasteiger partial charge in [-0.15, -0.1) is 0 Å². The highest BCUT2D eigenvalue weighted by molar-refractivity contribution is 6.21. The number of anilines is 1. The van der Waals surface area contributed by atoms with Crippen molar-refractivity contribution in [2.24, 2.45) is 5.92 Å². The fraction of sp³-hybridized carbons (Fsp3) is 0.273. The summed E-state index contributed by atoms with van der Waals surface area (Å²) in [5.41, 5.74) is 7.50. The number of carbonyl (C=O) groups excluding carboxylic acids is 2. The molecular formula is C44H42N4O7. The fourth-order valence-corrected chi connectivity index (χ4v) is 7.80. The number of aliphatic hydroxyl groups excluding tert-OH is 1. The topological polar surface area (TPSA) is 126 Å². The molecule has 2 saturated heterocycles. The summed E-state index contributed by atoms with van der Waals surface area (Å²) in [6.45, 7) is 6.29. The summed E-state index contributed by atoms with van der Waals surface area (Å²) in [5, 5.41) is 20.8. The van der Waals surface area contributed by atoms with Crippen molar-refractivity contribution in [3.63, 3.8) is 0 Å². The summed E-state index contributed by atoms with van der Waals surface area (Å²) >= 11 is 0. The summed E-state index contributed by atoms with van der Waals surface area (Å²) in [4.78, 5) is 42.7. The fourth-order valence-electron chi connectivity index (χ4n) is 7.80. The summed E-state index contributed by atoms with van der Waals surface area (Å²) in [6, 6.07) is 37.6.